The number of ketones is 2. The maximum Gasteiger partial charge on any atom is 0.265 e. The van der Waals surface area contributed by atoms with Crippen LogP contribution in [0.25, 0.3) is 0 Å². The Kier molecular flexibility index (Phi) is 3.60. The van der Waals surface area contributed by atoms with Crippen LogP contribution in [0.4, 0.5) is 4.39 Å². The minimum Gasteiger partial charge on any atom is -0.300 e. The van der Waals surface area contributed by atoms with Gasteiger partial charge in [-0.3, -0.25) is 24.1 Å². The summed E-state index contributed by atoms with van der Waals surface area (Å²) in [5, 5.41) is 0. The molecule has 3 rings (SSSR count). The van der Waals surface area contributed by atoms with Gasteiger partial charge in [0.2, 0.25) is 0 Å². The van der Waals surface area contributed by atoms with Crippen molar-refractivity contribution >= 4 is 23.4 Å². The summed E-state index contributed by atoms with van der Waals surface area (Å²) in [7, 11) is 0. The largest absolute Gasteiger partial charge is 0.300 e. The number of halogens is 1. The number of carbonyl (C=O) groups excluding carboxylic acids is 4. The van der Waals surface area contributed by atoms with Crippen molar-refractivity contribution in [3.63, 3.8) is 0 Å². The van der Waals surface area contributed by atoms with Crippen LogP contribution in [0.15, 0.2) is 18.2 Å². The third-order valence-corrected chi connectivity index (χ3v) is 4.15. The van der Waals surface area contributed by atoms with Crippen LogP contribution in [0, 0.1) is 5.82 Å². The van der Waals surface area contributed by atoms with Gasteiger partial charge in [-0.25, -0.2) is 4.39 Å². The Morgan fingerprint density at radius 2 is 1.77 bits per heavy atom. The van der Waals surface area contributed by atoms with Gasteiger partial charge in [0.25, 0.3) is 11.8 Å². The summed E-state index contributed by atoms with van der Waals surface area (Å²) in [5.74, 6) is -2.45. The van der Waals surface area contributed by atoms with E-state index in [1.165, 1.54) is 12.1 Å². The number of carbonyl (C=O) groups is 4. The fraction of sp³-hybridized carbons (Fsp3) is 0.375. The van der Waals surface area contributed by atoms with E-state index in [0.29, 0.717) is 12.8 Å². The van der Waals surface area contributed by atoms with Crippen molar-refractivity contribution in [3.8, 4) is 0 Å². The van der Waals surface area contributed by atoms with Crippen molar-refractivity contribution in [2.45, 2.75) is 38.1 Å². The highest BCUT2D eigenvalue weighted by atomic mass is 19.1. The summed E-state index contributed by atoms with van der Waals surface area (Å²) >= 11 is 0. The van der Waals surface area contributed by atoms with Crippen LogP contribution in [0.1, 0.15) is 52.8 Å². The first-order chi connectivity index (χ1) is 10.5. The zero-order valence-corrected chi connectivity index (χ0v) is 11.8. The fourth-order valence-electron chi connectivity index (χ4n) is 3.03. The lowest BCUT2D eigenvalue weighted by atomic mass is 9.94. The van der Waals surface area contributed by atoms with E-state index in [4.69, 9.17) is 0 Å². The predicted molar refractivity (Wildman–Crippen MR) is 73.8 cm³/mol. The van der Waals surface area contributed by atoms with Gasteiger partial charge in [0, 0.05) is 19.3 Å². The van der Waals surface area contributed by atoms with Crippen LogP contribution in [0.3, 0.4) is 0 Å². The zero-order chi connectivity index (χ0) is 15.9. The molecule has 2 aliphatic rings. The third-order valence-electron chi connectivity index (χ3n) is 4.15. The molecule has 1 aromatic rings. The SMILES string of the molecule is O=C1CCCC(=O)[C@@H](N2C(=O)c3cccc(F)c3C2=O)CC1. The number of nitrogens with zero attached hydrogens (tertiary/aromatic N) is 1. The average Bonchev–Trinajstić information content (AvgIpc) is 2.72. The number of amides is 2. The number of hydrogen-bond acceptors (Lipinski definition) is 4. The fourth-order valence-corrected chi connectivity index (χ4v) is 3.03. The molecular formula is C16H14FNO4. The molecule has 22 heavy (non-hydrogen) atoms. The molecule has 6 heteroatoms. The van der Waals surface area contributed by atoms with E-state index in [0.717, 1.165) is 11.0 Å². The topological polar surface area (TPSA) is 71.5 Å². The highest BCUT2D eigenvalue weighted by molar-refractivity contribution is 6.23. The van der Waals surface area contributed by atoms with E-state index in [1.54, 1.807) is 0 Å². The molecule has 1 aromatic carbocycles. The summed E-state index contributed by atoms with van der Waals surface area (Å²) in [6.45, 7) is 0. The van der Waals surface area contributed by atoms with E-state index < -0.39 is 23.7 Å². The first kappa shape index (κ1) is 14.6. The molecule has 5 nitrogen and oxygen atoms in total. The Labute approximate surface area is 126 Å². The highest BCUT2D eigenvalue weighted by Gasteiger charge is 2.44. The van der Waals surface area contributed by atoms with Crippen molar-refractivity contribution in [1.29, 1.82) is 0 Å². The van der Waals surface area contributed by atoms with Gasteiger partial charge in [-0.2, -0.15) is 0 Å². The summed E-state index contributed by atoms with van der Waals surface area (Å²) in [6, 6.07) is 2.86. The first-order valence-corrected chi connectivity index (χ1v) is 7.21. The summed E-state index contributed by atoms with van der Waals surface area (Å²) < 4.78 is 13.8. The van der Waals surface area contributed by atoms with Gasteiger partial charge in [-0.15, -0.1) is 0 Å². The van der Waals surface area contributed by atoms with Gasteiger partial charge >= 0.3 is 0 Å². The van der Waals surface area contributed by atoms with Crippen LogP contribution in [-0.2, 0) is 9.59 Å². The van der Waals surface area contributed by atoms with Crippen LogP contribution in [-0.4, -0.2) is 34.3 Å². The lowest BCUT2D eigenvalue weighted by molar-refractivity contribution is -0.125. The maximum absolute atomic E-state index is 13.8. The Balaban J connectivity index is 1.96. The second-order valence-electron chi connectivity index (χ2n) is 5.56. The lowest BCUT2D eigenvalue weighted by Crippen LogP contribution is -2.45. The smallest absolute Gasteiger partial charge is 0.265 e. The zero-order valence-electron chi connectivity index (χ0n) is 11.8. The van der Waals surface area contributed by atoms with Crippen LogP contribution in [0.5, 0.6) is 0 Å². The molecule has 0 bridgehead atoms. The minimum atomic E-state index is -0.976. The van der Waals surface area contributed by atoms with Crippen molar-refractivity contribution in [3.05, 3.63) is 35.1 Å². The van der Waals surface area contributed by atoms with Crippen molar-refractivity contribution in [2.24, 2.45) is 0 Å². The molecule has 1 atom stereocenters. The number of imide groups is 1. The Bertz CT molecular complexity index is 697. The summed E-state index contributed by atoms with van der Waals surface area (Å²) in [6.07, 6.45) is 1.17. The second-order valence-corrected chi connectivity index (χ2v) is 5.56. The van der Waals surface area contributed by atoms with E-state index in [9.17, 15) is 23.6 Å². The minimum absolute atomic E-state index is 0.0142. The molecule has 1 fully saturated rings. The normalized spacial score (nSPS) is 22.6. The Hall–Kier alpha value is -2.37. The lowest BCUT2D eigenvalue weighted by Gasteiger charge is -2.26. The molecule has 0 N–H and O–H groups in total. The van der Waals surface area contributed by atoms with E-state index in [1.807, 2.05) is 0 Å². The molecule has 0 saturated heterocycles. The van der Waals surface area contributed by atoms with Gasteiger partial charge in [-0.05, 0) is 25.0 Å². The summed E-state index contributed by atoms with van der Waals surface area (Å²) in [5.41, 5.74) is -0.306. The number of benzene rings is 1. The van der Waals surface area contributed by atoms with E-state index in [-0.39, 0.29) is 42.0 Å². The molecular weight excluding hydrogens is 289 g/mol. The number of fused-ring (bicyclic) bond motifs is 1. The second kappa shape index (κ2) is 5.44. The number of rotatable bonds is 1. The number of hydrogen-bond donors (Lipinski definition) is 0. The molecule has 0 unspecified atom stereocenters. The van der Waals surface area contributed by atoms with E-state index >= 15 is 0 Å². The van der Waals surface area contributed by atoms with Crippen LogP contribution in [0.2, 0.25) is 0 Å². The van der Waals surface area contributed by atoms with Crippen molar-refractivity contribution in [1.82, 2.24) is 4.90 Å². The van der Waals surface area contributed by atoms with Crippen molar-refractivity contribution in [2.75, 3.05) is 0 Å². The molecule has 114 valence electrons. The van der Waals surface area contributed by atoms with Gasteiger partial charge in [0.1, 0.15) is 11.6 Å². The summed E-state index contributed by atoms with van der Waals surface area (Å²) in [4.78, 5) is 49.4. The van der Waals surface area contributed by atoms with Gasteiger partial charge in [0.15, 0.2) is 5.78 Å². The van der Waals surface area contributed by atoms with Gasteiger partial charge in [0.05, 0.1) is 17.2 Å². The molecule has 0 aromatic heterocycles. The predicted octanol–water partition coefficient (Wildman–Crippen LogP) is 1.89. The van der Waals surface area contributed by atoms with Crippen LogP contribution >= 0.6 is 0 Å². The molecule has 1 aliphatic heterocycles. The average molecular weight is 303 g/mol. The van der Waals surface area contributed by atoms with Crippen molar-refractivity contribution < 1.29 is 23.6 Å². The molecule has 0 radical (unpaired) electrons. The Morgan fingerprint density at radius 3 is 2.50 bits per heavy atom. The molecule has 0 spiro atoms. The highest BCUT2D eigenvalue weighted by Crippen LogP contribution is 2.29. The first-order valence-electron chi connectivity index (χ1n) is 7.21. The maximum atomic E-state index is 13.8. The van der Waals surface area contributed by atoms with Crippen LogP contribution < -0.4 is 0 Å². The standard InChI is InChI=1S/C16H14FNO4/c17-11-5-2-4-10-14(11)16(22)18(15(10)21)12-8-7-9(19)3-1-6-13(12)20/h2,4-5,12H,1,3,6-8H2/t12-/m0/s1. The molecule has 2 amide bonds. The number of Topliss-reactive ketones (excluding diaryl/α,β-unsaturated/α-hetero) is 2. The molecule has 1 heterocycles. The van der Waals surface area contributed by atoms with Gasteiger partial charge < -0.3 is 0 Å². The molecule has 1 saturated carbocycles. The third kappa shape index (κ3) is 2.24. The molecule has 1 aliphatic carbocycles. The monoisotopic (exact) mass is 303 g/mol. The van der Waals surface area contributed by atoms with Gasteiger partial charge in [-0.1, -0.05) is 6.07 Å². The van der Waals surface area contributed by atoms with E-state index in [2.05, 4.69) is 0 Å². The quantitative estimate of drug-likeness (QED) is 0.743. The Morgan fingerprint density at radius 1 is 1.00 bits per heavy atom.